The zero-order chi connectivity index (χ0) is 11.8. The minimum Gasteiger partial charge on any atom is -0.484 e. The summed E-state index contributed by atoms with van der Waals surface area (Å²) in [6, 6.07) is 5.90. The van der Waals surface area contributed by atoms with Crippen LogP contribution in [0, 0.1) is 6.92 Å². The number of ether oxygens (including phenoxy) is 1. The second-order valence-corrected chi connectivity index (χ2v) is 5.03. The number of aliphatic hydroxyl groups excluding tert-OH is 1. The Hall–Kier alpha value is -1.39. The third-order valence-electron chi connectivity index (χ3n) is 3.01. The van der Waals surface area contributed by atoms with E-state index in [4.69, 9.17) is 4.74 Å². The highest BCUT2D eigenvalue weighted by molar-refractivity contribution is 7.07. The summed E-state index contributed by atoms with van der Waals surface area (Å²) in [7, 11) is 0. The summed E-state index contributed by atoms with van der Waals surface area (Å²) in [4.78, 5) is 4.25. The first-order valence-corrected chi connectivity index (χ1v) is 6.51. The van der Waals surface area contributed by atoms with Crippen LogP contribution in [0.25, 0.3) is 0 Å². The fourth-order valence-corrected chi connectivity index (χ4v) is 2.72. The van der Waals surface area contributed by atoms with E-state index in [-0.39, 0.29) is 6.10 Å². The molecule has 3 nitrogen and oxygen atoms in total. The molecule has 1 N–H and O–H groups in total. The van der Waals surface area contributed by atoms with Crippen LogP contribution in [0.4, 0.5) is 0 Å². The second-order valence-electron chi connectivity index (χ2n) is 4.31. The van der Waals surface area contributed by atoms with Crippen molar-refractivity contribution in [2.24, 2.45) is 0 Å². The zero-order valence-corrected chi connectivity index (χ0v) is 10.3. The molecule has 2 aromatic rings. The number of aryl methyl sites for hydroxylation is 1. The SMILES string of the molecule is Cc1ccc2c(c1)C(O)CC(c1cscn1)O2. The highest BCUT2D eigenvalue weighted by atomic mass is 32.1. The predicted octanol–water partition coefficient (Wildman–Crippen LogP) is 3.01. The lowest BCUT2D eigenvalue weighted by Gasteiger charge is -2.28. The first-order chi connectivity index (χ1) is 8.24. The van der Waals surface area contributed by atoms with E-state index in [1.54, 1.807) is 16.8 Å². The number of aliphatic hydroxyl groups is 1. The van der Waals surface area contributed by atoms with Gasteiger partial charge in [-0.25, -0.2) is 4.98 Å². The van der Waals surface area contributed by atoms with Crippen LogP contribution in [0.5, 0.6) is 5.75 Å². The van der Waals surface area contributed by atoms with E-state index in [0.29, 0.717) is 6.42 Å². The Morgan fingerprint density at radius 1 is 1.47 bits per heavy atom. The highest BCUT2D eigenvalue weighted by Gasteiger charge is 2.28. The van der Waals surface area contributed by atoms with Crippen LogP contribution in [0.3, 0.4) is 0 Å². The Morgan fingerprint density at radius 3 is 3.12 bits per heavy atom. The predicted molar refractivity (Wildman–Crippen MR) is 66.2 cm³/mol. The Bertz CT molecular complexity index is 524. The van der Waals surface area contributed by atoms with Crippen molar-refractivity contribution in [3.05, 3.63) is 45.9 Å². The van der Waals surface area contributed by atoms with Crippen LogP contribution in [-0.2, 0) is 0 Å². The summed E-state index contributed by atoms with van der Waals surface area (Å²) in [5.41, 5.74) is 4.71. The fraction of sp³-hybridized carbons (Fsp3) is 0.308. The molecule has 1 aliphatic heterocycles. The molecule has 1 aliphatic rings. The quantitative estimate of drug-likeness (QED) is 0.842. The van der Waals surface area contributed by atoms with Crippen molar-refractivity contribution < 1.29 is 9.84 Å². The number of nitrogens with zero attached hydrogens (tertiary/aromatic N) is 1. The maximum atomic E-state index is 10.2. The summed E-state index contributed by atoms with van der Waals surface area (Å²) in [6.45, 7) is 2.01. The number of rotatable bonds is 1. The van der Waals surface area contributed by atoms with Gasteiger partial charge in [-0.2, -0.15) is 0 Å². The normalized spacial score (nSPS) is 22.9. The summed E-state index contributed by atoms with van der Waals surface area (Å²) in [5.74, 6) is 0.771. The zero-order valence-electron chi connectivity index (χ0n) is 9.46. The van der Waals surface area contributed by atoms with Crippen molar-refractivity contribution >= 4 is 11.3 Å². The number of benzene rings is 1. The van der Waals surface area contributed by atoms with Gasteiger partial charge in [0, 0.05) is 17.4 Å². The van der Waals surface area contributed by atoms with E-state index in [9.17, 15) is 5.11 Å². The van der Waals surface area contributed by atoms with Gasteiger partial charge in [0.2, 0.25) is 0 Å². The number of fused-ring (bicyclic) bond motifs is 1. The summed E-state index contributed by atoms with van der Waals surface area (Å²) in [6.07, 6.45) is -0.0305. The number of hydrogen-bond acceptors (Lipinski definition) is 4. The van der Waals surface area contributed by atoms with Crippen molar-refractivity contribution in [1.29, 1.82) is 0 Å². The largest absolute Gasteiger partial charge is 0.484 e. The molecule has 0 fully saturated rings. The Labute approximate surface area is 104 Å². The van der Waals surface area contributed by atoms with Crippen molar-refractivity contribution in [3.8, 4) is 5.75 Å². The van der Waals surface area contributed by atoms with Crippen LogP contribution in [-0.4, -0.2) is 10.1 Å². The van der Waals surface area contributed by atoms with E-state index in [0.717, 1.165) is 22.6 Å². The number of aromatic nitrogens is 1. The average Bonchev–Trinajstić information content (AvgIpc) is 2.83. The lowest BCUT2D eigenvalue weighted by Crippen LogP contribution is -2.19. The van der Waals surface area contributed by atoms with Crippen molar-refractivity contribution in [2.45, 2.75) is 25.6 Å². The van der Waals surface area contributed by atoms with Gasteiger partial charge in [0.1, 0.15) is 11.9 Å². The molecular weight excluding hydrogens is 234 g/mol. The molecule has 2 heterocycles. The molecule has 0 bridgehead atoms. The highest BCUT2D eigenvalue weighted by Crippen LogP contribution is 2.40. The first-order valence-electron chi connectivity index (χ1n) is 5.57. The van der Waals surface area contributed by atoms with Gasteiger partial charge in [-0.1, -0.05) is 11.6 Å². The van der Waals surface area contributed by atoms with Gasteiger partial charge in [-0.15, -0.1) is 11.3 Å². The molecular formula is C13H13NO2S. The average molecular weight is 247 g/mol. The van der Waals surface area contributed by atoms with Crippen LogP contribution < -0.4 is 4.74 Å². The number of hydrogen-bond donors (Lipinski definition) is 1. The summed E-state index contributed by atoms with van der Waals surface area (Å²) >= 11 is 1.55. The molecule has 2 unspecified atom stereocenters. The third-order valence-corrected chi connectivity index (χ3v) is 3.62. The molecule has 0 saturated carbocycles. The second kappa shape index (κ2) is 4.13. The minimum atomic E-state index is -0.467. The maximum absolute atomic E-state index is 10.2. The van der Waals surface area contributed by atoms with Gasteiger partial charge < -0.3 is 9.84 Å². The van der Waals surface area contributed by atoms with Gasteiger partial charge in [-0.3, -0.25) is 0 Å². The third kappa shape index (κ3) is 1.94. The van der Waals surface area contributed by atoms with Gasteiger partial charge in [0.25, 0.3) is 0 Å². The van der Waals surface area contributed by atoms with Crippen molar-refractivity contribution in [1.82, 2.24) is 4.98 Å². The molecule has 0 spiro atoms. The Balaban J connectivity index is 1.96. The molecule has 0 aliphatic carbocycles. The lowest BCUT2D eigenvalue weighted by molar-refractivity contribution is 0.0639. The monoisotopic (exact) mass is 247 g/mol. The summed E-state index contributed by atoms with van der Waals surface area (Å²) < 4.78 is 5.89. The van der Waals surface area contributed by atoms with E-state index in [1.165, 1.54) is 0 Å². The Kier molecular flexibility index (Phi) is 2.61. The molecule has 0 amide bonds. The van der Waals surface area contributed by atoms with Crippen LogP contribution >= 0.6 is 11.3 Å². The minimum absolute atomic E-state index is 0.133. The fourth-order valence-electron chi connectivity index (χ4n) is 2.13. The molecule has 1 aromatic heterocycles. The molecule has 4 heteroatoms. The molecule has 17 heavy (non-hydrogen) atoms. The number of thiazole rings is 1. The lowest BCUT2D eigenvalue weighted by atomic mass is 9.96. The van der Waals surface area contributed by atoms with Crippen LogP contribution in [0.2, 0.25) is 0 Å². The maximum Gasteiger partial charge on any atom is 0.144 e. The molecule has 2 atom stereocenters. The molecule has 0 saturated heterocycles. The van der Waals surface area contributed by atoms with Crippen LogP contribution in [0.15, 0.2) is 29.1 Å². The van der Waals surface area contributed by atoms with Crippen LogP contribution in [0.1, 0.15) is 35.4 Å². The smallest absolute Gasteiger partial charge is 0.144 e. The van der Waals surface area contributed by atoms with Crippen molar-refractivity contribution in [3.63, 3.8) is 0 Å². The summed E-state index contributed by atoms with van der Waals surface area (Å²) in [5, 5.41) is 12.1. The van der Waals surface area contributed by atoms with E-state index >= 15 is 0 Å². The standard InChI is InChI=1S/C13H13NO2S/c1-8-2-3-12-9(4-8)11(15)5-13(16-12)10-6-17-7-14-10/h2-4,6-7,11,13,15H,5H2,1H3. The molecule has 88 valence electrons. The topological polar surface area (TPSA) is 42.4 Å². The van der Waals surface area contributed by atoms with Gasteiger partial charge in [-0.05, 0) is 19.1 Å². The van der Waals surface area contributed by atoms with Gasteiger partial charge in [0.15, 0.2) is 0 Å². The Morgan fingerprint density at radius 2 is 2.35 bits per heavy atom. The molecule has 0 radical (unpaired) electrons. The van der Waals surface area contributed by atoms with Gasteiger partial charge >= 0.3 is 0 Å². The molecule has 3 rings (SSSR count). The van der Waals surface area contributed by atoms with E-state index in [1.807, 2.05) is 30.5 Å². The molecule has 1 aromatic carbocycles. The van der Waals surface area contributed by atoms with E-state index in [2.05, 4.69) is 4.98 Å². The first kappa shape index (κ1) is 10.7. The van der Waals surface area contributed by atoms with Crippen molar-refractivity contribution in [2.75, 3.05) is 0 Å². The van der Waals surface area contributed by atoms with E-state index < -0.39 is 6.10 Å². The van der Waals surface area contributed by atoms with Gasteiger partial charge in [0.05, 0.1) is 17.3 Å².